The minimum atomic E-state index is -0.788. The van der Waals surface area contributed by atoms with Gasteiger partial charge in [0, 0.05) is 26.8 Å². The zero-order chi connectivity index (χ0) is 27.3. The highest BCUT2D eigenvalue weighted by atomic mass is 32.2. The van der Waals surface area contributed by atoms with Gasteiger partial charge in [0.25, 0.3) is 0 Å². The number of rotatable bonds is 9. The normalized spacial score (nSPS) is 12.1. The SMILES string of the molecule is COC(=O)C(C)(C)CC(C)(C)C(=O)Nc1ccccc1Sc1ccc2c(/C=C/c3ccccn3)n[nH]c2c1. The Bertz CT molecular complexity index is 1480. The average Bonchev–Trinajstić information content (AvgIpc) is 3.30. The molecule has 196 valence electrons. The lowest BCUT2D eigenvalue weighted by atomic mass is 9.74. The molecular weight excluding hydrogens is 496 g/mol. The van der Waals surface area contributed by atoms with E-state index < -0.39 is 10.8 Å². The second-order valence-electron chi connectivity index (χ2n) is 10.4. The van der Waals surface area contributed by atoms with Gasteiger partial charge in [-0.3, -0.25) is 19.7 Å². The van der Waals surface area contributed by atoms with E-state index in [-0.39, 0.29) is 11.9 Å². The number of carbonyl (C=O) groups excluding carboxylic acids is 2. The topological polar surface area (TPSA) is 97.0 Å². The van der Waals surface area contributed by atoms with Crippen molar-refractivity contribution >= 4 is 52.4 Å². The van der Waals surface area contributed by atoms with Gasteiger partial charge in [0.05, 0.1) is 35.1 Å². The predicted molar refractivity (Wildman–Crippen MR) is 153 cm³/mol. The number of amides is 1. The fourth-order valence-corrected chi connectivity index (χ4v) is 5.40. The van der Waals surface area contributed by atoms with Crippen molar-refractivity contribution in [3.63, 3.8) is 0 Å². The number of benzene rings is 2. The number of hydrogen-bond donors (Lipinski definition) is 2. The van der Waals surface area contributed by atoms with Crippen molar-refractivity contribution in [3.8, 4) is 0 Å². The summed E-state index contributed by atoms with van der Waals surface area (Å²) in [5, 5.41) is 11.7. The van der Waals surface area contributed by atoms with E-state index >= 15 is 0 Å². The molecule has 0 aliphatic rings. The molecule has 38 heavy (non-hydrogen) atoms. The lowest BCUT2D eigenvalue weighted by Gasteiger charge is -2.32. The molecule has 0 saturated carbocycles. The molecule has 0 unspecified atom stereocenters. The third kappa shape index (κ3) is 6.31. The highest BCUT2D eigenvalue weighted by molar-refractivity contribution is 7.99. The molecule has 1 amide bonds. The number of nitrogens with one attached hydrogen (secondary N) is 2. The summed E-state index contributed by atoms with van der Waals surface area (Å²) in [5.74, 6) is -0.491. The average molecular weight is 529 g/mol. The molecular formula is C30H32N4O3S. The Kier molecular flexibility index (Phi) is 8.02. The molecule has 2 N–H and O–H groups in total. The van der Waals surface area contributed by atoms with Crippen molar-refractivity contribution in [2.24, 2.45) is 10.8 Å². The first-order chi connectivity index (χ1) is 18.1. The van der Waals surface area contributed by atoms with Crippen LogP contribution in [0.3, 0.4) is 0 Å². The molecule has 0 aliphatic heterocycles. The van der Waals surface area contributed by atoms with Crippen molar-refractivity contribution in [2.75, 3.05) is 12.4 Å². The second-order valence-corrected chi connectivity index (χ2v) is 11.5. The van der Waals surface area contributed by atoms with Crippen molar-refractivity contribution in [2.45, 2.75) is 43.9 Å². The standard InChI is InChI=1S/C30H32N4O3S/c1-29(2,19-30(3,4)28(36)37-5)27(35)32-24-11-6-7-12-26(24)38-21-14-15-22-23(33-34-25(22)18-21)16-13-20-10-8-9-17-31-20/h6-18H,19H2,1-5H3,(H,32,35)(H,33,34)/b16-13+. The van der Waals surface area contributed by atoms with Crippen LogP contribution in [0.25, 0.3) is 23.1 Å². The van der Waals surface area contributed by atoms with Gasteiger partial charge >= 0.3 is 5.97 Å². The first-order valence-electron chi connectivity index (χ1n) is 12.3. The third-order valence-electron chi connectivity index (χ3n) is 6.26. The summed E-state index contributed by atoms with van der Waals surface area (Å²) in [6.07, 6.45) is 5.99. The Labute approximate surface area is 227 Å². The maximum Gasteiger partial charge on any atom is 0.311 e. The number of H-pyrrole nitrogens is 1. The number of aromatic nitrogens is 3. The van der Waals surface area contributed by atoms with Crippen LogP contribution in [0.15, 0.2) is 76.7 Å². The summed E-state index contributed by atoms with van der Waals surface area (Å²) in [7, 11) is 1.37. The van der Waals surface area contributed by atoms with Crippen molar-refractivity contribution in [1.82, 2.24) is 15.2 Å². The van der Waals surface area contributed by atoms with E-state index in [4.69, 9.17) is 4.74 Å². The van der Waals surface area contributed by atoms with Crippen molar-refractivity contribution < 1.29 is 14.3 Å². The van der Waals surface area contributed by atoms with Gasteiger partial charge in [0.2, 0.25) is 5.91 Å². The van der Waals surface area contributed by atoms with E-state index in [2.05, 4.69) is 20.5 Å². The Morgan fingerprint density at radius 1 is 1.00 bits per heavy atom. The molecule has 2 aromatic carbocycles. The summed E-state index contributed by atoms with van der Waals surface area (Å²) in [4.78, 5) is 31.7. The van der Waals surface area contributed by atoms with Gasteiger partial charge in [-0.15, -0.1) is 0 Å². The summed E-state index contributed by atoms with van der Waals surface area (Å²) in [6.45, 7) is 7.27. The highest BCUT2D eigenvalue weighted by Crippen LogP contribution is 2.38. The van der Waals surface area contributed by atoms with Crippen LogP contribution in [0.4, 0.5) is 5.69 Å². The Balaban J connectivity index is 1.50. The molecule has 0 atom stereocenters. The first-order valence-corrected chi connectivity index (χ1v) is 13.1. The summed E-state index contributed by atoms with van der Waals surface area (Å²) >= 11 is 1.56. The predicted octanol–water partition coefficient (Wildman–Crippen LogP) is 6.83. The van der Waals surface area contributed by atoms with Crippen LogP contribution < -0.4 is 5.32 Å². The molecule has 0 fully saturated rings. The number of nitrogens with zero attached hydrogens (tertiary/aromatic N) is 2. The van der Waals surface area contributed by atoms with Gasteiger partial charge in [-0.25, -0.2) is 0 Å². The van der Waals surface area contributed by atoms with Crippen LogP contribution in [0, 0.1) is 10.8 Å². The molecule has 2 aromatic heterocycles. The molecule has 7 nitrogen and oxygen atoms in total. The number of anilines is 1. The Hall–Kier alpha value is -3.91. The van der Waals surface area contributed by atoms with E-state index in [9.17, 15) is 9.59 Å². The number of pyridine rings is 1. The van der Waals surface area contributed by atoms with Crippen LogP contribution in [0.1, 0.15) is 45.5 Å². The molecule has 0 bridgehead atoms. The minimum Gasteiger partial charge on any atom is -0.469 e. The molecule has 2 heterocycles. The largest absolute Gasteiger partial charge is 0.469 e. The van der Waals surface area contributed by atoms with Crippen LogP contribution in [-0.2, 0) is 14.3 Å². The fourth-order valence-electron chi connectivity index (χ4n) is 4.46. The van der Waals surface area contributed by atoms with E-state index in [1.165, 1.54) is 7.11 Å². The lowest BCUT2D eigenvalue weighted by Crippen LogP contribution is -2.38. The minimum absolute atomic E-state index is 0.157. The van der Waals surface area contributed by atoms with Crippen LogP contribution in [0.5, 0.6) is 0 Å². The molecule has 4 rings (SSSR count). The fraction of sp³-hybridized carbons (Fsp3) is 0.267. The number of aromatic amines is 1. The Morgan fingerprint density at radius 3 is 2.50 bits per heavy atom. The van der Waals surface area contributed by atoms with Crippen LogP contribution in [-0.4, -0.2) is 34.2 Å². The van der Waals surface area contributed by atoms with E-state index in [0.717, 1.165) is 37.8 Å². The number of esters is 1. The van der Waals surface area contributed by atoms with Crippen LogP contribution in [0.2, 0.25) is 0 Å². The van der Waals surface area contributed by atoms with Crippen molar-refractivity contribution in [3.05, 3.63) is 78.2 Å². The zero-order valence-corrected chi connectivity index (χ0v) is 23.1. The van der Waals surface area contributed by atoms with Gasteiger partial charge in [0.1, 0.15) is 0 Å². The maximum absolute atomic E-state index is 13.3. The number of carbonyl (C=O) groups is 2. The molecule has 0 radical (unpaired) electrons. The van der Waals surface area contributed by atoms with Gasteiger partial charge in [-0.2, -0.15) is 5.10 Å². The van der Waals surface area contributed by atoms with Crippen LogP contribution >= 0.6 is 11.8 Å². The van der Waals surface area contributed by atoms with E-state index in [1.54, 1.807) is 31.8 Å². The smallest absolute Gasteiger partial charge is 0.311 e. The number of para-hydroxylation sites is 1. The first kappa shape index (κ1) is 27.1. The molecule has 0 spiro atoms. The number of fused-ring (bicyclic) bond motifs is 1. The lowest BCUT2D eigenvalue weighted by molar-refractivity contribution is -0.153. The molecule has 8 heteroatoms. The zero-order valence-electron chi connectivity index (χ0n) is 22.2. The van der Waals surface area contributed by atoms with Gasteiger partial charge in [-0.05, 0) is 74.9 Å². The monoisotopic (exact) mass is 528 g/mol. The molecule has 0 aliphatic carbocycles. The van der Waals surface area contributed by atoms with E-state index in [0.29, 0.717) is 6.42 Å². The molecule has 0 saturated heterocycles. The van der Waals surface area contributed by atoms with Gasteiger partial charge < -0.3 is 10.1 Å². The van der Waals surface area contributed by atoms with E-state index in [1.807, 2.05) is 86.7 Å². The number of hydrogen-bond acceptors (Lipinski definition) is 6. The van der Waals surface area contributed by atoms with Crippen molar-refractivity contribution in [1.29, 1.82) is 0 Å². The summed E-state index contributed by atoms with van der Waals surface area (Å²) in [6, 6.07) is 19.6. The highest BCUT2D eigenvalue weighted by Gasteiger charge is 2.39. The quantitative estimate of drug-likeness (QED) is 0.231. The summed E-state index contributed by atoms with van der Waals surface area (Å²) < 4.78 is 4.92. The molecule has 4 aromatic rings. The van der Waals surface area contributed by atoms with Gasteiger partial charge in [0.15, 0.2) is 0 Å². The third-order valence-corrected chi connectivity index (χ3v) is 7.33. The van der Waals surface area contributed by atoms with Gasteiger partial charge in [-0.1, -0.05) is 43.8 Å². The maximum atomic E-state index is 13.3. The summed E-state index contributed by atoms with van der Waals surface area (Å²) in [5.41, 5.74) is 1.77. The number of methoxy groups -OCH3 is 1. The number of ether oxygens (including phenoxy) is 1. The Morgan fingerprint density at radius 2 is 1.76 bits per heavy atom. The second kappa shape index (κ2) is 11.2.